The van der Waals surface area contributed by atoms with Crippen molar-refractivity contribution in [2.24, 2.45) is 4.99 Å². The van der Waals surface area contributed by atoms with Crippen LogP contribution in [0.25, 0.3) is 0 Å². The average Bonchev–Trinajstić information content (AvgIpc) is 2.73. The van der Waals surface area contributed by atoms with E-state index in [2.05, 4.69) is 16.5 Å². The van der Waals surface area contributed by atoms with Crippen LogP contribution in [0.2, 0.25) is 0 Å². The average molecular weight is 257 g/mol. The zero-order valence-corrected chi connectivity index (χ0v) is 10.8. The summed E-state index contributed by atoms with van der Waals surface area (Å²) in [6, 6.07) is 0.121. The predicted octanol–water partition coefficient (Wildman–Crippen LogP) is 1.74. The lowest BCUT2D eigenvalue weighted by molar-refractivity contribution is -0.136. The highest BCUT2D eigenvalue weighted by molar-refractivity contribution is 6.03. The van der Waals surface area contributed by atoms with Crippen molar-refractivity contribution >= 4 is 11.7 Å². The number of carboxylic acids is 1. The largest absolute Gasteiger partial charge is 0.481 e. The molecule has 0 fully saturated rings. The first-order chi connectivity index (χ1) is 9.08. The minimum atomic E-state index is -0.837. The first-order valence-corrected chi connectivity index (χ1v) is 6.20. The second kappa shape index (κ2) is 4.20. The molecule has 19 heavy (non-hydrogen) atoms. The summed E-state index contributed by atoms with van der Waals surface area (Å²) in [5.41, 5.74) is 6.92. The third kappa shape index (κ3) is 1.82. The molecular formula is C14H15N3O2. The van der Waals surface area contributed by atoms with E-state index in [1.165, 1.54) is 0 Å². The molecule has 0 aromatic heterocycles. The van der Waals surface area contributed by atoms with Crippen molar-refractivity contribution < 1.29 is 9.90 Å². The number of nitrogens with one attached hydrogen (secondary N) is 1. The summed E-state index contributed by atoms with van der Waals surface area (Å²) in [5, 5.41) is 10.9. The Labute approximate surface area is 111 Å². The molecule has 5 nitrogen and oxygen atoms in total. The van der Waals surface area contributed by atoms with Gasteiger partial charge in [0, 0.05) is 22.6 Å². The molecule has 1 unspecified atom stereocenters. The Morgan fingerprint density at radius 2 is 2.26 bits per heavy atom. The van der Waals surface area contributed by atoms with E-state index in [4.69, 9.17) is 5.11 Å². The van der Waals surface area contributed by atoms with Gasteiger partial charge in [-0.05, 0) is 13.8 Å². The number of rotatable bonds is 2. The number of hydrogen-bond acceptors (Lipinski definition) is 4. The van der Waals surface area contributed by atoms with Crippen molar-refractivity contribution in [1.82, 2.24) is 10.4 Å². The summed E-state index contributed by atoms with van der Waals surface area (Å²) < 4.78 is 0. The van der Waals surface area contributed by atoms with E-state index in [0.29, 0.717) is 0 Å². The molecule has 0 spiro atoms. The Bertz CT molecular complexity index is 608. The van der Waals surface area contributed by atoms with Crippen molar-refractivity contribution in [2.75, 3.05) is 0 Å². The van der Waals surface area contributed by atoms with Gasteiger partial charge in [0.05, 0.1) is 12.5 Å². The van der Waals surface area contributed by atoms with Crippen LogP contribution in [0.5, 0.6) is 0 Å². The van der Waals surface area contributed by atoms with Crippen molar-refractivity contribution in [3.05, 3.63) is 47.0 Å². The van der Waals surface area contributed by atoms with Crippen LogP contribution < -0.4 is 5.43 Å². The topological polar surface area (TPSA) is 64.9 Å². The van der Waals surface area contributed by atoms with Gasteiger partial charge in [0.2, 0.25) is 0 Å². The molecule has 0 saturated heterocycles. The van der Waals surface area contributed by atoms with Gasteiger partial charge in [-0.15, -0.1) is 0 Å². The molecular weight excluding hydrogens is 242 g/mol. The molecule has 0 amide bonds. The third-order valence-corrected chi connectivity index (χ3v) is 3.57. The number of nitrogens with zero attached hydrogens (tertiary/aromatic N) is 2. The van der Waals surface area contributed by atoms with E-state index in [1.54, 1.807) is 0 Å². The minimum Gasteiger partial charge on any atom is -0.481 e. The maximum absolute atomic E-state index is 10.9. The van der Waals surface area contributed by atoms with Crippen molar-refractivity contribution in [1.29, 1.82) is 0 Å². The van der Waals surface area contributed by atoms with Gasteiger partial charge in [-0.25, -0.2) is 10.4 Å². The summed E-state index contributed by atoms with van der Waals surface area (Å²) in [4.78, 5) is 15.5. The fourth-order valence-corrected chi connectivity index (χ4v) is 2.60. The summed E-state index contributed by atoms with van der Waals surface area (Å²) in [5.74, 6) is 0.0335. The molecule has 2 heterocycles. The molecule has 0 aromatic rings. The van der Waals surface area contributed by atoms with Crippen LogP contribution in [-0.2, 0) is 4.79 Å². The molecule has 1 atom stereocenters. The zero-order chi connectivity index (χ0) is 13.6. The van der Waals surface area contributed by atoms with E-state index in [1.807, 2.05) is 37.1 Å². The number of allylic oxidation sites excluding steroid dienone is 3. The highest BCUT2D eigenvalue weighted by Gasteiger charge is 2.34. The highest BCUT2D eigenvalue weighted by Crippen LogP contribution is 2.34. The second-order valence-electron chi connectivity index (χ2n) is 4.80. The van der Waals surface area contributed by atoms with E-state index in [9.17, 15) is 4.79 Å². The molecule has 98 valence electrons. The van der Waals surface area contributed by atoms with E-state index in [-0.39, 0.29) is 12.5 Å². The van der Waals surface area contributed by atoms with E-state index < -0.39 is 5.97 Å². The Kier molecular flexibility index (Phi) is 2.64. The smallest absolute Gasteiger partial charge is 0.307 e. The van der Waals surface area contributed by atoms with Gasteiger partial charge in [-0.3, -0.25) is 9.80 Å². The molecule has 2 N–H and O–H groups in total. The molecule has 3 aliphatic rings. The predicted molar refractivity (Wildman–Crippen MR) is 72.1 cm³/mol. The van der Waals surface area contributed by atoms with Gasteiger partial charge in [-0.2, -0.15) is 0 Å². The van der Waals surface area contributed by atoms with Crippen LogP contribution in [0.15, 0.2) is 52.0 Å². The maximum atomic E-state index is 10.9. The van der Waals surface area contributed by atoms with Crippen LogP contribution >= 0.6 is 0 Å². The summed E-state index contributed by atoms with van der Waals surface area (Å²) in [7, 11) is 0. The van der Waals surface area contributed by atoms with Crippen LogP contribution in [-0.4, -0.2) is 27.8 Å². The van der Waals surface area contributed by atoms with Crippen LogP contribution in [0.1, 0.15) is 20.3 Å². The van der Waals surface area contributed by atoms with Gasteiger partial charge < -0.3 is 5.11 Å². The summed E-state index contributed by atoms with van der Waals surface area (Å²) >= 11 is 0. The van der Waals surface area contributed by atoms with Gasteiger partial charge in [0.15, 0.2) is 5.82 Å². The first kappa shape index (κ1) is 11.9. The standard InChI is InChI=1S/C14H15N3O2/c1-8-11(7-13(18)19)9(2)17-14(15-8)10-5-3-4-6-12(10)16-17/h3-6,12,16H,7H2,1-2H3,(H,18,19). The molecule has 5 heteroatoms. The molecule has 1 aliphatic carbocycles. The number of fused-ring (bicyclic) bond motifs is 2. The quantitative estimate of drug-likeness (QED) is 0.790. The lowest BCUT2D eigenvalue weighted by atomic mass is 10.0. The van der Waals surface area contributed by atoms with E-state index >= 15 is 0 Å². The third-order valence-electron chi connectivity index (χ3n) is 3.57. The maximum Gasteiger partial charge on any atom is 0.307 e. The number of hydrogen-bond donors (Lipinski definition) is 2. The fraction of sp³-hybridized carbons (Fsp3) is 0.286. The SMILES string of the molecule is CC1=NC2=C3C=CC=CC3NN2C(C)=C1CC(=O)O. The lowest BCUT2D eigenvalue weighted by Gasteiger charge is -2.28. The number of hydrazine groups is 1. The monoisotopic (exact) mass is 257 g/mol. The first-order valence-electron chi connectivity index (χ1n) is 6.20. The zero-order valence-electron chi connectivity index (χ0n) is 10.8. The highest BCUT2D eigenvalue weighted by atomic mass is 16.4. The van der Waals surface area contributed by atoms with Crippen LogP contribution in [0.3, 0.4) is 0 Å². The number of carbonyl (C=O) groups is 1. The molecule has 0 bridgehead atoms. The van der Waals surface area contributed by atoms with Gasteiger partial charge >= 0.3 is 5.97 Å². The summed E-state index contributed by atoms with van der Waals surface area (Å²) in [6.45, 7) is 3.79. The van der Waals surface area contributed by atoms with Crippen LogP contribution in [0, 0.1) is 0 Å². The summed E-state index contributed by atoms with van der Waals surface area (Å²) in [6.07, 6.45) is 8.09. The Morgan fingerprint density at radius 3 is 3.00 bits per heavy atom. The minimum absolute atomic E-state index is 0.00168. The Morgan fingerprint density at radius 1 is 1.47 bits per heavy atom. The van der Waals surface area contributed by atoms with Crippen LogP contribution in [0.4, 0.5) is 0 Å². The molecule has 2 aliphatic heterocycles. The molecule has 0 aromatic carbocycles. The van der Waals surface area contributed by atoms with Gasteiger partial charge in [-0.1, -0.05) is 24.3 Å². The van der Waals surface area contributed by atoms with Crippen molar-refractivity contribution in [3.8, 4) is 0 Å². The number of aliphatic imine (C=N–C) groups is 1. The second-order valence-corrected chi connectivity index (χ2v) is 4.80. The van der Waals surface area contributed by atoms with Gasteiger partial charge in [0.1, 0.15) is 0 Å². The lowest BCUT2D eigenvalue weighted by Crippen LogP contribution is -2.38. The molecule has 0 saturated carbocycles. The Hall–Kier alpha value is -2.14. The van der Waals surface area contributed by atoms with Gasteiger partial charge in [0.25, 0.3) is 0 Å². The number of aliphatic carboxylic acids is 1. The van der Waals surface area contributed by atoms with Crippen molar-refractivity contribution in [3.63, 3.8) is 0 Å². The normalized spacial score (nSPS) is 24.6. The molecule has 0 radical (unpaired) electrons. The number of carboxylic acid groups (broad SMARTS) is 1. The fourth-order valence-electron chi connectivity index (χ4n) is 2.60. The van der Waals surface area contributed by atoms with E-state index in [0.717, 1.165) is 28.4 Å². The molecule has 3 rings (SSSR count). The van der Waals surface area contributed by atoms with Crippen molar-refractivity contribution in [2.45, 2.75) is 26.3 Å². The Balaban J connectivity index is 2.05.